The summed E-state index contributed by atoms with van der Waals surface area (Å²) in [5.74, 6) is -1.58. The fourth-order valence-corrected chi connectivity index (χ4v) is 4.94. The van der Waals surface area contributed by atoms with Crippen molar-refractivity contribution in [2.75, 3.05) is 11.1 Å². The molecule has 1 aromatic carbocycles. The lowest BCUT2D eigenvalue weighted by molar-refractivity contribution is -0.113. The van der Waals surface area contributed by atoms with E-state index in [1.165, 1.54) is 22.7 Å². The molecule has 0 aliphatic carbocycles. The van der Waals surface area contributed by atoms with E-state index in [0.717, 1.165) is 5.56 Å². The van der Waals surface area contributed by atoms with Crippen LogP contribution in [-0.4, -0.2) is 35.3 Å². The van der Waals surface area contributed by atoms with Gasteiger partial charge in [0.15, 0.2) is 5.13 Å². The van der Waals surface area contributed by atoms with Crippen LogP contribution in [0.25, 0.3) is 22.0 Å². The SMILES string of the molecule is O=C(CS(=O)(=O)c1nnc(-c2ccc(Cl)s2)o1)Nc1nc(-c2ccccc2)cs1. The summed E-state index contributed by atoms with van der Waals surface area (Å²) in [4.78, 5) is 17.0. The summed E-state index contributed by atoms with van der Waals surface area (Å²) >= 11 is 8.21. The first-order valence-corrected chi connectivity index (χ1v) is 11.8. The van der Waals surface area contributed by atoms with Gasteiger partial charge in [-0.15, -0.1) is 27.8 Å². The molecule has 0 atom stereocenters. The van der Waals surface area contributed by atoms with Gasteiger partial charge in [-0.05, 0) is 12.1 Å². The highest BCUT2D eigenvalue weighted by molar-refractivity contribution is 7.91. The van der Waals surface area contributed by atoms with E-state index in [-0.39, 0.29) is 5.89 Å². The van der Waals surface area contributed by atoms with Crippen LogP contribution < -0.4 is 5.32 Å². The Hall–Kier alpha value is -2.60. The molecule has 0 aliphatic heterocycles. The van der Waals surface area contributed by atoms with Gasteiger partial charge in [-0.3, -0.25) is 4.79 Å². The maximum atomic E-state index is 12.4. The molecule has 148 valence electrons. The van der Waals surface area contributed by atoms with E-state index in [0.29, 0.717) is 20.0 Å². The molecule has 12 heteroatoms. The molecule has 4 rings (SSSR count). The molecule has 8 nitrogen and oxygen atoms in total. The predicted octanol–water partition coefficient (Wildman–Crippen LogP) is 3.99. The minimum Gasteiger partial charge on any atom is -0.407 e. The van der Waals surface area contributed by atoms with E-state index in [4.69, 9.17) is 16.0 Å². The van der Waals surface area contributed by atoms with Gasteiger partial charge in [0, 0.05) is 10.9 Å². The Morgan fingerprint density at radius 2 is 1.93 bits per heavy atom. The summed E-state index contributed by atoms with van der Waals surface area (Å²) in [6.45, 7) is 0. The number of rotatable bonds is 6. The molecule has 1 N–H and O–H groups in total. The average Bonchev–Trinajstić information content (AvgIpc) is 3.42. The van der Waals surface area contributed by atoms with Crippen LogP contribution in [0.2, 0.25) is 4.34 Å². The highest BCUT2D eigenvalue weighted by Gasteiger charge is 2.27. The number of hydrogen-bond donors (Lipinski definition) is 1. The molecule has 0 aliphatic rings. The molecule has 3 heterocycles. The van der Waals surface area contributed by atoms with Gasteiger partial charge in [-0.1, -0.05) is 47.0 Å². The highest BCUT2D eigenvalue weighted by Crippen LogP contribution is 2.30. The van der Waals surface area contributed by atoms with E-state index in [1.807, 2.05) is 30.3 Å². The first kappa shape index (κ1) is 19.7. The van der Waals surface area contributed by atoms with Crippen molar-refractivity contribution < 1.29 is 17.6 Å². The second-order valence-corrected chi connectivity index (χ2v) is 10.1. The Morgan fingerprint density at radius 1 is 1.14 bits per heavy atom. The van der Waals surface area contributed by atoms with Crippen LogP contribution in [0.3, 0.4) is 0 Å². The smallest absolute Gasteiger partial charge is 0.336 e. The van der Waals surface area contributed by atoms with Crippen molar-refractivity contribution in [3.63, 3.8) is 0 Å². The Balaban J connectivity index is 1.44. The number of thiazole rings is 1. The van der Waals surface area contributed by atoms with E-state index >= 15 is 0 Å². The lowest BCUT2D eigenvalue weighted by atomic mass is 10.2. The third-order valence-electron chi connectivity index (χ3n) is 3.60. The zero-order valence-corrected chi connectivity index (χ0v) is 17.6. The molecular formula is C17H11ClN4O4S3. The number of anilines is 1. The molecule has 0 bridgehead atoms. The zero-order chi connectivity index (χ0) is 20.4. The van der Waals surface area contributed by atoms with Gasteiger partial charge in [-0.25, -0.2) is 13.4 Å². The van der Waals surface area contributed by atoms with E-state index in [2.05, 4.69) is 20.5 Å². The summed E-state index contributed by atoms with van der Waals surface area (Å²) < 4.78 is 30.5. The van der Waals surface area contributed by atoms with Gasteiger partial charge in [0.05, 0.1) is 14.9 Å². The van der Waals surface area contributed by atoms with Gasteiger partial charge >= 0.3 is 5.22 Å². The van der Waals surface area contributed by atoms with Crippen molar-refractivity contribution in [3.05, 3.63) is 52.2 Å². The predicted molar refractivity (Wildman–Crippen MR) is 111 cm³/mol. The average molecular weight is 467 g/mol. The first-order chi connectivity index (χ1) is 13.9. The Morgan fingerprint density at radius 3 is 2.66 bits per heavy atom. The second kappa shape index (κ2) is 8.03. The molecule has 3 aromatic heterocycles. The summed E-state index contributed by atoms with van der Waals surface area (Å²) in [5, 5.41) is 11.2. The van der Waals surface area contributed by atoms with Gasteiger partial charge < -0.3 is 9.73 Å². The van der Waals surface area contributed by atoms with Crippen molar-refractivity contribution in [3.8, 4) is 22.0 Å². The minimum atomic E-state index is -4.11. The van der Waals surface area contributed by atoms with Crippen LogP contribution in [0.15, 0.2) is 57.5 Å². The third kappa shape index (κ3) is 4.53. The van der Waals surface area contributed by atoms with E-state index < -0.39 is 26.7 Å². The minimum absolute atomic E-state index is 0.0216. The number of nitrogens with one attached hydrogen (secondary N) is 1. The Kier molecular flexibility index (Phi) is 5.46. The summed E-state index contributed by atoms with van der Waals surface area (Å²) in [5.41, 5.74) is 1.58. The number of carbonyl (C=O) groups excluding carboxylic acids is 1. The van der Waals surface area contributed by atoms with Crippen molar-refractivity contribution in [2.24, 2.45) is 0 Å². The topological polar surface area (TPSA) is 115 Å². The molecule has 0 unspecified atom stereocenters. The fourth-order valence-electron chi connectivity index (χ4n) is 2.33. The van der Waals surface area contributed by atoms with Crippen LogP contribution >= 0.6 is 34.3 Å². The number of halogens is 1. The number of hydrogen-bond acceptors (Lipinski definition) is 9. The maximum absolute atomic E-state index is 12.4. The number of thiophene rings is 1. The molecule has 0 saturated carbocycles. The molecule has 1 amide bonds. The van der Waals surface area contributed by atoms with Crippen molar-refractivity contribution in [1.82, 2.24) is 15.2 Å². The Bertz CT molecular complexity index is 1260. The monoisotopic (exact) mass is 466 g/mol. The van der Waals surface area contributed by atoms with Crippen LogP contribution in [0, 0.1) is 0 Å². The third-order valence-corrected chi connectivity index (χ3v) is 6.91. The lowest BCUT2D eigenvalue weighted by Crippen LogP contribution is -2.23. The van der Waals surface area contributed by atoms with Crippen LogP contribution in [-0.2, 0) is 14.6 Å². The largest absolute Gasteiger partial charge is 0.407 e. The summed E-state index contributed by atoms with van der Waals surface area (Å²) in [7, 11) is -4.11. The number of sulfone groups is 1. The van der Waals surface area contributed by atoms with Gasteiger partial charge in [0.2, 0.25) is 15.7 Å². The normalized spacial score (nSPS) is 11.5. The molecule has 4 aromatic rings. The maximum Gasteiger partial charge on any atom is 0.336 e. The molecule has 0 saturated heterocycles. The van der Waals surface area contributed by atoms with Gasteiger partial charge in [-0.2, -0.15) is 0 Å². The molecule has 0 radical (unpaired) electrons. The number of amides is 1. The fraction of sp³-hybridized carbons (Fsp3) is 0.0588. The van der Waals surface area contributed by atoms with Crippen molar-refractivity contribution >= 4 is 55.2 Å². The van der Waals surface area contributed by atoms with Crippen molar-refractivity contribution in [1.29, 1.82) is 0 Å². The summed E-state index contributed by atoms with van der Waals surface area (Å²) in [6.07, 6.45) is 0. The second-order valence-electron chi connectivity index (χ2n) is 5.69. The zero-order valence-electron chi connectivity index (χ0n) is 14.4. The van der Waals surface area contributed by atoms with E-state index in [1.54, 1.807) is 17.5 Å². The van der Waals surface area contributed by atoms with Gasteiger partial charge in [0.1, 0.15) is 5.75 Å². The van der Waals surface area contributed by atoms with E-state index in [9.17, 15) is 13.2 Å². The molecule has 0 spiro atoms. The molecular weight excluding hydrogens is 456 g/mol. The number of nitrogens with zero attached hydrogens (tertiary/aromatic N) is 3. The molecule has 29 heavy (non-hydrogen) atoms. The number of aromatic nitrogens is 3. The van der Waals surface area contributed by atoms with Crippen LogP contribution in [0.5, 0.6) is 0 Å². The van der Waals surface area contributed by atoms with Crippen molar-refractivity contribution in [2.45, 2.75) is 5.22 Å². The quantitative estimate of drug-likeness (QED) is 0.456. The Labute approximate surface area is 178 Å². The number of carbonyl (C=O) groups is 1. The summed E-state index contributed by atoms with van der Waals surface area (Å²) in [6, 6.07) is 12.7. The van der Waals surface area contributed by atoms with Crippen LogP contribution in [0.4, 0.5) is 5.13 Å². The van der Waals surface area contributed by atoms with Crippen LogP contribution in [0.1, 0.15) is 0 Å². The highest BCUT2D eigenvalue weighted by atomic mass is 35.5. The lowest BCUT2D eigenvalue weighted by Gasteiger charge is -2.01. The number of benzene rings is 1. The molecule has 0 fully saturated rings. The first-order valence-electron chi connectivity index (χ1n) is 8.03. The van der Waals surface area contributed by atoms with Gasteiger partial charge in [0.25, 0.3) is 5.89 Å². The standard InChI is InChI=1S/C17H11ClN4O4S3/c18-13-7-6-12(28-13)15-21-22-17(26-15)29(24,25)9-14(23)20-16-19-11(8-27-16)10-4-2-1-3-5-10/h1-8H,9H2,(H,19,20,23).